The van der Waals surface area contributed by atoms with E-state index in [9.17, 15) is 18.0 Å². The minimum atomic E-state index is -3.05. The lowest BCUT2D eigenvalue weighted by Crippen LogP contribution is -2.63. The van der Waals surface area contributed by atoms with Crippen LogP contribution in [0.1, 0.15) is 40.0 Å². The summed E-state index contributed by atoms with van der Waals surface area (Å²) < 4.78 is 22.4. The number of hydrogen-bond donors (Lipinski definition) is 1. The Morgan fingerprint density at radius 3 is 2.38 bits per heavy atom. The molecule has 0 radical (unpaired) electrons. The van der Waals surface area contributed by atoms with E-state index >= 15 is 0 Å². The molecule has 6 nitrogen and oxygen atoms in total. The molecule has 1 rings (SSSR count). The standard InChI is InChI=1S/C14H26N2O4S/c1-5-12-13(17)15-11(9-10(2)3)14(18)16(12)7-6-8-21(4,19)20/h10-12H,5-9H2,1-4H3,(H,15,17). The Kier molecular flexibility index (Phi) is 6.19. The highest BCUT2D eigenvalue weighted by Gasteiger charge is 2.39. The fourth-order valence-corrected chi connectivity index (χ4v) is 3.28. The van der Waals surface area contributed by atoms with Crippen LogP contribution in [0.2, 0.25) is 0 Å². The molecule has 0 spiro atoms. The molecule has 1 fully saturated rings. The number of carbonyl (C=O) groups is 2. The molecule has 1 aliphatic heterocycles. The van der Waals surface area contributed by atoms with Crippen molar-refractivity contribution in [3.63, 3.8) is 0 Å². The number of rotatable bonds is 7. The van der Waals surface area contributed by atoms with Crippen molar-refractivity contribution < 1.29 is 18.0 Å². The molecule has 7 heteroatoms. The third-order valence-electron chi connectivity index (χ3n) is 3.58. The molecule has 1 heterocycles. The summed E-state index contributed by atoms with van der Waals surface area (Å²) in [4.78, 5) is 26.2. The number of sulfone groups is 1. The SMILES string of the molecule is CCC1C(=O)NC(CC(C)C)C(=O)N1CCCS(C)(=O)=O. The summed E-state index contributed by atoms with van der Waals surface area (Å²) in [6.07, 6.45) is 2.67. The van der Waals surface area contributed by atoms with Gasteiger partial charge in [-0.15, -0.1) is 0 Å². The van der Waals surface area contributed by atoms with Crippen molar-refractivity contribution in [1.82, 2.24) is 10.2 Å². The molecule has 1 aliphatic rings. The van der Waals surface area contributed by atoms with Gasteiger partial charge in [0.2, 0.25) is 11.8 Å². The summed E-state index contributed by atoms with van der Waals surface area (Å²) in [6, 6.07) is -0.973. The average molecular weight is 318 g/mol. The quantitative estimate of drug-likeness (QED) is 0.744. The molecule has 2 unspecified atom stereocenters. The topological polar surface area (TPSA) is 83.6 Å². The predicted molar refractivity (Wildman–Crippen MR) is 81.5 cm³/mol. The monoisotopic (exact) mass is 318 g/mol. The first kappa shape index (κ1) is 17.9. The highest BCUT2D eigenvalue weighted by atomic mass is 32.2. The molecule has 0 aliphatic carbocycles. The second kappa shape index (κ2) is 7.24. The van der Waals surface area contributed by atoms with Crippen LogP contribution in [0, 0.1) is 5.92 Å². The van der Waals surface area contributed by atoms with Crippen molar-refractivity contribution in [2.75, 3.05) is 18.6 Å². The highest BCUT2D eigenvalue weighted by Crippen LogP contribution is 2.18. The summed E-state index contributed by atoms with van der Waals surface area (Å²) in [5.74, 6) is 0.102. The lowest BCUT2D eigenvalue weighted by Gasteiger charge is -2.39. The largest absolute Gasteiger partial charge is 0.342 e. The highest BCUT2D eigenvalue weighted by molar-refractivity contribution is 7.90. The minimum absolute atomic E-state index is 0.0314. The smallest absolute Gasteiger partial charge is 0.245 e. The minimum Gasteiger partial charge on any atom is -0.342 e. The Hall–Kier alpha value is -1.11. The van der Waals surface area contributed by atoms with Crippen LogP contribution < -0.4 is 5.32 Å². The third-order valence-corrected chi connectivity index (χ3v) is 4.61. The van der Waals surface area contributed by atoms with E-state index in [1.807, 2.05) is 20.8 Å². The lowest BCUT2D eigenvalue weighted by atomic mass is 9.97. The van der Waals surface area contributed by atoms with Gasteiger partial charge in [-0.2, -0.15) is 0 Å². The van der Waals surface area contributed by atoms with E-state index in [4.69, 9.17) is 0 Å². The lowest BCUT2D eigenvalue weighted by molar-refractivity contribution is -0.149. The molecule has 21 heavy (non-hydrogen) atoms. The van der Waals surface area contributed by atoms with E-state index in [1.165, 1.54) is 6.26 Å². The number of amides is 2. The van der Waals surface area contributed by atoms with Crippen molar-refractivity contribution in [2.45, 2.75) is 52.1 Å². The van der Waals surface area contributed by atoms with Gasteiger partial charge < -0.3 is 10.2 Å². The number of carbonyl (C=O) groups excluding carboxylic acids is 2. The number of nitrogens with zero attached hydrogens (tertiary/aromatic N) is 1. The summed E-state index contributed by atoms with van der Waals surface area (Å²) in [5, 5.41) is 2.79. The number of nitrogens with one attached hydrogen (secondary N) is 1. The van der Waals surface area contributed by atoms with Gasteiger partial charge in [0, 0.05) is 12.8 Å². The van der Waals surface area contributed by atoms with Crippen LogP contribution in [0.15, 0.2) is 0 Å². The molecular formula is C14H26N2O4S. The Labute approximate surface area is 127 Å². The molecule has 0 bridgehead atoms. The summed E-state index contributed by atoms with van der Waals surface area (Å²) in [5.41, 5.74) is 0. The van der Waals surface area contributed by atoms with Gasteiger partial charge in [0.15, 0.2) is 0 Å². The van der Waals surface area contributed by atoms with E-state index in [0.29, 0.717) is 31.7 Å². The maximum Gasteiger partial charge on any atom is 0.245 e. The van der Waals surface area contributed by atoms with Crippen LogP contribution in [0.4, 0.5) is 0 Å². The maximum atomic E-state index is 12.5. The Bertz CT molecular complexity index is 487. The van der Waals surface area contributed by atoms with Crippen LogP contribution in [-0.2, 0) is 19.4 Å². The van der Waals surface area contributed by atoms with Crippen molar-refractivity contribution in [3.8, 4) is 0 Å². The molecule has 122 valence electrons. The van der Waals surface area contributed by atoms with Crippen LogP contribution in [0.5, 0.6) is 0 Å². The normalized spacial score (nSPS) is 23.6. The summed E-state index contributed by atoms with van der Waals surface area (Å²) in [6.45, 7) is 6.16. The molecule has 0 aromatic heterocycles. The zero-order valence-corrected chi connectivity index (χ0v) is 14.1. The first-order chi connectivity index (χ1) is 9.65. The van der Waals surface area contributed by atoms with Crippen molar-refractivity contribution in [2.24, 2.45) is 5.92 Å². The molecule has 0 aromatic carbocycles. The number of piperazine rings is 1. The van der Waals surface area contributed by atoms with E-state index in [-0.39, 0.29) is 17.6 Å². The van der Waals surface area contributed by atoms with E-state index in [0.717, 1.165) is 0 Å². The maximum absolute atomic E-state index is 12.5. The van der Waals surface area contributed by atoms with Gasteiger partial charge >= 0.3 is 0 Å². The van der Waals surface area contributed by atoms with Crippen molar-refractivity contribution in [3.05, 3.63) is 0 Å². The second-order valence-electron chi connectivity index (χ2n) is 6.13. The van der Waals surface area contributed by atoms with Crippen molar-refractivity contribution in [1.29, 1.82) is 0 Å². The summed E-state index contributed by atoms with van der Waals surface area (Å²) >= 11 is 0. The second-order valence-corrected chi connectivity index (χ2v) is 8.39. The third kappa shape index (κ3) is 5.30. The van der Waals surface area contributed by atoms with Crippen molar-refractivity contribution >= 4 is 21.7 Å². The van der Waals surface area contributed by atoms with Crippen LogP contribution >= 0.6 is 0 Å². The van der Waals surface area contributed by atoms with Gasteiger partial charge in [-0.3, -0.25) is 9.59 Å². The van der Waals surface area contributed by atoms with Crippen LogP contribution in [0.3, 0.4) is 0 Å². The Morgan fingerprint density at radius 1 is 1.29 bits per heavy atom. The fourth-order valence-electron chi connectivity index (χ4n) is 2.62. The molecule has 1 N–H and O–H groups in total. The Morgan fingerprint density at radius 2 is 1.90 bits per heavy atom. The molecule has 2 amide bonds. The van der Waals surface area contributed by atoms with Crippen LogP contribution in [-0.4, -0.2) is 55.8 Å². The summed E-state index contributed by atoms with van der Waals surface area (Å²) in [7, 11) is -3.05. The number of hydrogen-bond acceptors (Lipinski definition) is 4. The van der Waals surface area contributed by atoms with Crippen LogP contribution in [0.25, 0.3) is 0 Å². The molecule has 2 atom stereocenters. The first-order valence-electron chi connectivity index (χ1n) is 7.44. The zero-order chi connectivity index (χ0) is 16.2. The van der Waals surface area contributed by atoms with Gasteiger partial charge in [0.1, 0.15) is 21.9 Å². The first-order valence-corrected chi connectivity index (χ1v) is 9.50. The van der Waals surface area contributed by atoms with E-state index < -0.39 is 21.9 Å². The van der Waals surface area contributed by atoms with Gasteiger partial charge in [0.05, 0.1) is 5.75 Å². The zero-order valence-electron chi connectivity index (χ0n) is 13.3. The van der Waals surface area contributed by atoms with Gasteiger partial charge in [-0.05, 0) is 25.2 Å². The van der Waals surface area contributed by atoms with E-state index in [1.54, 1.807) is 4.90 Å². The average Bonchev–Trinajstić information content (AvgIpc) is 2.33. The fraction of sp³-hybridized carbons (Fsp3) is 0.857. The predicted octanol–water partition coefficient (Wildman–Crippen LogP) is 0.573. The van der Waals surface area contributed by atoms with Gasteiger partial charge in [0.25, 0.3) is 0 Å². The molecule has 1 saturated heterocycles. The molecule has 0 aromatic rings. The molecular weight excluding hydrogens is 292 g/mol. The Balaban J connectivity index is 2.78. The van der Waals surface area contributed by atoms with Gasteiger partial charge in [-0.1, -0.05) is 20.8 Å². The van der Waals surface area contributed by atoms with E-state index in [2.05, 4.69) is 5.32 Å². The molecule has 0 saturated carbocycles. The van der Waals surface area contributed by atoms with Gasteiger partial charge in [-0.25, -0.2) is 8.42 Å².